The highest BCUT2D eigenvalue weighted by atomic mass is 79.9. The number of carbonyl (C=O) groups is 3. The molecule has 0 unspecified atom stereocenters. The van der Waals surface area contributed by atoms with Gasteiger partial charge < -0.3 is 4.90 Å². The molecule has 7 heteroatoms. The van der Waals surface area contributed by atoms with Gasteiger partial charge in [0.05, 0.1) is 11.4 Å². The smallest absolute Gasteiger partial charge is 0.293 e. The largest absolute Gasteiger partial charge is 0.372 e. The van der Waals surface area contributed by atoms with Crippen molar-refractivity contribution >= 4 is 56.4 Å². The zero-order valence-corrected chi connectivity index (χ0v) is 18.0. The van der Waals surface area contributed by atoms with E-state index in [0.29, 0.717) is 10.5 Å². The summed E-state index contributed by atoms with van der Waals surface area (Å²) in [4.78, 5) is 41.1. The number of thioether (sulfide) groups is 1. The number of amides is 2. The summed E-state index contributed by atoms with van der Waals surface area (Å²) >= 11 is 4.20. The van der Waals surface area contributed by atoms with Crippen molar-refractivity contribution in [3.05, 3.63) is 69.0 Å². The number of ketones is 1. The SMILES string of the molecule is O=C(CN1C(=O)S/C(=C/c2ccc(N3CCCC3)cc2)C1=O)c1ccc(Br)cc1. The van der Waals surface area contributed by atoms with Crippen LogP contribution in [0.1, 0.15) is 28.8 Å². The quantitative estimate of drug-likeness (QED) is 0.456. The van der Waals surface area contributed by atoms with Gasteiger partial charge in [-0.15, -0.1) is 0 Å². The van der Waals surface area contributed by atoms with Crippen molar-refractivity contribution < 1.29 is 14.4 Å². The lowest BCUT2D eigenvalue weighted by Crippen LogP contribution is -2.33. The fraction of sp³-hybridized carbons (Fsp3) is 0.227. The summed E-state index contributed by atoms with van der Waals surface area (Å²) in [5.41, 5.74) is 2.50. The van der Waals surface area contributed by atoms with Crippen LogP contribution in [0, 0.1) is 0 Å². The summed E-state index contributed by atoms with van der Waals surface area (Å²) < 4.78 is 0.860. The van der Waals surface area contributed by atoms with E-state index in [9.17, 15) is 14.4 Å². The van der Waals surface area contributed by atoms with Crippen LogP contribution < -0.4 is 4.90 Å². The van der Waals surface area contributed by atoms with Crippen molar-refractivity contribution in [1.29, 1.82) is 0 Å². The minimum Gasteiger partial charge on any atom is -0.372 e. The van der Waals surface area contributed by atoms with E-state index in [0.717, 1.165) is 39.8 Å². The van der Waals surface area contributed by atoms with Crippen LogP contribution in [0.25, 0.3) is 6.08 Å². The molecule has 0 radical (unpaired) electrons. The van der Waals surface area contributed by atoms with E-state index in [-0.39, 0.29) is 12.3 Å². The number of imide groups is 1. The molecule has 2 aromatic carbocycles. The molecule has 0 aromatic heterocycles. The molecule has 0 aliphatic carbocycles. The van der Waals surface area contributed by atoms with Crippen LogP contribution in [0.5, 0.6) is 0 Å². The summed E-state index contributed by atoms with van der Waals surface area (Å²) in [5, 5.41) is -0.416. The number of nitrogens with zero attached hydrogens (tertiary/aromatic N) is 2. The number of hydrogen-bond donors (Lipinski definition) is 0. The van der Waals surface area contributed by atoms with E-state index in [1.54, 1.807) is 30.3 Å². The number of carbonyl (C=O) groups excluding carboxylic acids is 3. The van der Waals surface area contributed by atoms with Gasteiger partial charge in [-0.3, -0.25) is 19.3 Å². The van der Waals surface area contributed by atoms with Gasteiger partial charge >= 0.3 is 0 Å². The Labute approximate surface area is 181 Å². The van der Waals surface area contributed by atoms with Crippen molar-refractivity contribution in [3.63, 3.8) is 0 Å². The summed E-state index contributed by atoms with van der Waals surface area (Å²) in [7, 11) is 0. The molecular formula is C22H19BrN2O3S. The summed E-state index contributed by atoms with van der Waals surface area (Å²) in [6, 6.07) is 14.8. The van der Waals surface area contributed by atoms with E-state index in [1.165, 1.54) is 18.5 Å². The van der Waals surface area contributed by atoms with Gasteiger partial charge in [0.25, 0.3) is 11.1 Å². The summed E-state index contributed by atoms with van der Waals surface area (Å²) in [6.07, 6.45) is 4.14. The first-order chi connectivity index (χ1) is 14.0. The second-order valence-corrected chi connectivity index (χ2v) is 8.89. The Kier molecular flexibility index (Phi) is 5.87. The van der Waals surface area contributed by atoms with Gasteiger partial charge in [-0.25, -0.2) is 0 Å². The normalized spacial score (nSPS) is 18.2. The third-order valence-electron chi connectivity index (χ3n) is 5.00. The van der Waals surface area contributed by atoms with Gasteiger partial charge in [-0.05, 0) is 60.5 Å². The maximum atomic E-state index is 12.7. The number of halogens is 1. The Morgan fingerprint density at radius 2 is 1.66 bits per heavy atom. The van der Waals surface area contributed by atoms with Gasteiger partial charge in [0, 0.05) is 28.8 Å². The monoisotopic (exact) mass is 470 g/mol. The highest BCUT2D eigenvalue weighted by Gasteiger charge is 2.36. The average Bonchev–Trinajstić information content (AvgIpc) is 3.34. The summed E-state index contributed by atoms with van der Waals surface area (Å²) in [5.74, 6) is -0.690. The second-order valence-electron chi connectivity index (χ2n) is 6.98. The van der Waals surface area contributed by atoms with Gasteiger partial charge in [0.1, 0.15) is 0 Å². The van der Waals surface area contributed by atoms with Crippen molar-refractivity contribution in [2.24, 2.45) is 0 Å². The molecule has 0 atom stereocenters. The van der Waals surface area contributed by atoms with E-state index >= 15 is 0 Å². The molecule has 2 fully saturated rings. The van der Waals surface area contributed by atoms with Crippen LogP contribution >= 0.6 is 27.7 Å². The molecule has 0 bridgehead atoms. The van der Waals surface area contributed by atoms with Crippen LogP contribution in [-0.4, -0.2) is 41.5 Å². The fourth-order valence-electron chi connectivity index (χ4n) is 3.42. The minimum absolute atomic E-state index is 0.252. The third-order valence-corrected chi connectivity index (χ3v) is 6.44. The van der Waals surface area contributed by atoms with Gasteiger partial charge in [0.15, 0.2) is 5.78 Å². The molecule has 2 heterocycles. The van der Waals surface area contributed by atoms with Gasteiger partial charge in [-0.2, -0.15) is 0 Å². The highest BCUT2D eigenvalue weighted by Crippen LogP contribution is 2.32. The molecule has 0 N–H and O–H groups in total. The average molecular weight is 471 g/mol. The molecule has 5 nitrogen and oxygen atoms in total. The first-order valence-corrected chi connectivity index (χ1v) is 11.0. The number of anilines is 1. The van der Waals surface area contributed by atoms with Crippen molar-refractivity contribution in [3.8, 4) is 0 Å². The summed E-state index contributed by atoms with van der Waals surface area (Å²) in [6.45, 7) is 1.90. The number of Topliss-reactive ketones (excluding diaryl/α,β-unsaturated/α-hetero) is 1. The van der Waals surface area contributed by atoms with E-state index in [1.807, 2.05) is 24.3 Å². The maximum Gasteiger partial charge on any atom is 0.293 e. The molecule has 2 amide bonds. The first-order valence-electron chi connectivity index (χ1n) is 9.40. The lowest BCUT2D eigenvalue weighted by Gasteiger charge is -2.17. The molecule has 148 valence electrons. The van der Waals surface area contributed by atoms with Crippen molar-refractivity contribution in [2.45, 2.75) is 12.8 Å². The molecule has 29 heavy (non-hydrogen) atoms. The fourth-order valence-corrected chi connectivity index (χ4v) is 4.52. The predicted molar refractivity (Wildman–Crippen MR) is 119 cm³/mol. The standard InChI is InChI=1S/C22H19BrN2O3S/c23-17-7-5-16(6-8-17)19(26)14-25-21(27)20(29-22(25)28)13-15-3-9-18(10-4-15)24-11-1-2-12-24/h3-10,13H,1-2,11-12,14H2/b20-13+. The number of hydrogen-bond acceptors (Lipinski definition) is 5. The van der Waals surface area contributed by atoms with Crippen LogP contribution in [0.4, 0.5) is 10.5 Å². The highest BCUT2D eigenvalue weighted by molar-refractivity contribution is 9.10. The van der Waals surface area contributed by atoms with Crippen LogP contribution in [0.2, 0.25) is 0 Å². The zero-order valence-electron chi connectivity index (χ0n) is 15.6. The Morgan fingerprint density at radius 1 is 1.00 bits per heavy atom. The van der Waals surface area contributed by atoms with Crippen molar-refractivity contribution in [1.82, 2.24) is 4.90 Å². The maximum absolute atomic E-state index is 12.7. The van der Waals surface area contributed by atoms with E-state index in [4.69, 9.17) is 0 Å². The van der Waals surface area contributed by atoms with E-state index in [2.05, 4.69) is 20.8 Å². The molecule has 2 saturated heterocycles. The number of benzene rings is 2. The lowest BCUT2D eigenvalue weighted by molar-refractivity contribution is -0.122. The first kappa shape index (κ1) is 19.9. The third kappa shape index (κ3) is 4.46. The lowest BCUT2D eigenvalue weighted by atomic mass is 10.1. The molecule has 2 aliphatic rings. The van der Waals surface area contributed by atoms with E-state index < -0.39 is 11.1 Å². The molecule has 0 spiro atoms. The van der Waals surface area contributed by atoms with Crippen LogP contribution in [-0.2, 0) is 4.79 Å². The van der Waals surface area contributed by atoms with Gasteiger partial charge in [-0.1, -0.05) is 40.2 Å². The molecule has 0 saturated carbocycles. The molecular weight excluding hydrogens is 452 g/mol. The Bertz CT molecular complexity index is 980. The Morgan fingerprint density at radius 3 is 2.31 bits per heavy atom. The second kappa shape index (κ2) is 8.55. The zero-order chi connectivity index (χ0) is 20.4. The Hall–Kier alpha value is -2.38. The minimum atomic E-state index is -0.422. The van der Waals surface area contributed by atoms with Gasteiger partial charge in [0.2, 0.25) is 0 Å². The van der Waals surface area contributed by atoms with Crippen molar-refractivity contribution in [2.75, 3.05) is 24.5 Å². The molecule has 2 aromatic rings. The van der Waals surface area contributed by atoms with Crippen LogP contribution in [0.15, 0.2) is 57.9 Å². The molecule has 2 aliphatic heterocycles. The topological polar surface area (TPSA) is 57.7 Å². The van der Waals surface area contributed by atoms with Crippen LogP contribution in [0.3, 0.4) is 0 Å². The number of rotatable bonds is 5. The predicted octanol–water partition coefficient (Wildman–Crippen LogP) is 4.97. The molecule has 4 rings (SSSR count). The Balaban J connectivity index is 1.45.